The molecule has 1 aliphatic heterocycles. The number of hydrogen-bond acceptors (Lipinski definition) is 6. The molecule has 3 rings (SSSR count). The summed E-state index contributed by atoms with van der Waals surface area (Å²) in [6.07, 6.45) is 5.97. The highest BCUT2D eigenvalue weighted by Crippen LogP contribution is 2.52. The third kappa shape index (κ3) is 5.57. The molecule has 0 radical (unpaired) electrons. The van der Waals surface area contributed by atoms with Crippen LogP contribution in [0, 0.1) is 22.2 Å². The van der Waals surface area contributed by atoms with E-state index in [0.717, 1.165) is 25.8 Å². The summed E-state index contributed by atoms with van der Waals surface area (Å²) in [5.74, 6) is 0.194. The molecule has 7 nitrogen and oxygen atoms in total. The van der Waals surface area contributed by atoms with Gasteiger partial charge in [-0.1, -0.05) is 26.8 Å². The van der Waals surface area contributed by atoms with E-state index in [1.165, 1.54) is 13.2 Å². The quantitative estimate of drug-likeness (QED) is 0.489. The van der Waals surface area contributed by atoms with Gasteiger partial charge in [-0.3, -0.25) is 4.79 Å². The number of ether oxygens (including phenoxy) is 3. The highest BCUT2D eigenvalue weighted by atomic mass is 16.5. The Labute approximate surface area is 183 Å². The van der Waals surface area contributed by atoms with Crippen LogP contribution in [0.5, 0.6) is 11.5 Å². The monoisotopic (exact) mass is 426 g/mol. The Kier molecular flexibility index (Phi) is 6.59. The van der Waals surface area contributed by atoms with E-state index in [-0.39, 0.29) is 36.0 Å². The van der Waals surface area contributed by atoms with Gasteiger partial charge in [0, 0.05) is 18.7 Å². The van der Waals surface area contributed by atoms with E-state index < -0.39 is 5.97 Å². The number of amides is 1. The van der Waals surface area contributed by atoms with Gasteiger partial charge in [-0.2, -0.15) is 5.26 Å². The minimum Gasteiger partial charge on any atom is -0.493 e. The Hall–Kier alpha value is -3.01. The first-order valence-corrected chi connectivity index (χ1v) is 10.5. The standard InChI is InChI=1S/C24H30N2O5/c1-23(2)12-18-13-24(3,15-23)16-26(18)21(27)14-31-22(28)8-6-17-5-7-19(30-10-9-25)20(11-17)29-4/h5-8,11,18H,10,12-16H2,1-4H3/b8-6+. The first kappa shape index (κ1) is 22.7. The van der Waals surface area contributed by atoms with Crippen LogP contribution >= 0.6 is 0 Å². The largest absolute Gasteiger partial charge is 0.493 e. The first-order chi connectivity index (χ1) is 14.6. The molecule has 0 spiro atoms. The number of likely N-dealkylation sites (tertiary alicyclic amines) is 1. The van der Waals surface area contributed by atoms with E-state index in [4.69, 9.17) is 19.5 Å². The van der Waals surface area contributed by atoms with Crippen LogP contribution in [0.3, 0.4) is 0 Å². The smallest absolute Gasteiger partial charge is 0.331 e. The van der Waals surface area contributed by atoms with Gasteiger partial charge in [-0.05, 0) is 53.9 Å². The van der Waals surface area contributed by atoms with Crippen molar-refractivity contribution in [2.75, 3.05) is 26.9 Å². The van der Waals surface area contributed by atoms with Crippen LogP contribution in [0.25, 0.3) is 6.08 Å². The third-order valence-corrected chi connectivity index (χ3v) is 5.96. The highest BCUT2D eigenvalue weighted by Gasteiger charge is 2.50. The lowest BCUT2D eigenvalue weighted by atomic mass is 9.65. The highest BCUT2D eigenvalue weighted by molar-refractivity contribution is 5.89. The Balaban J connectivity index is 1.54. The van der Waals surface area contributed by atoms with Gasteiger partial charge in [0.1, 0.15) is 6.07 Å². The Morgan fingerprint density at radius 3 is 2.74 bits per heavy atom. The van der Waals surface area contributed by atoms with E-state index >= 15 is 0 Å². The van der Waals surface area contributed by atoms with Crippen molar-refractivity contribution in [1.82, 2.24) is 4.90 Å². The van der Waals surface area contributed by atoms with Gasteiger partial charge >= 0.3 is 5.97 Å². The van der Waals surface area contributed by atoms with Crippen molar-refractivity contribution in [1.29, 1.82) is 5.26 Å². The molecule has 1 aromatic rings. The average molecular weight is 427 g/mol. The lowest BCUT2D eigenvalue weighted by molar-refractivity contribution is -0.148. The molecule has 1 amide bonds. The molecule has 1 heterocycles. The number of benzene rings is 1. The summed E-state index contributed by atoms with van der Waals surface area (Å²) in [5, 5.41) is 8.62. The summed E-state index contributed by atoms with van der Waals surface area (Å²) in [6.45, 7) is 7.16. The first-order valence-electron chi connectivity index (χ1n) is 10.5. The van der Waals surface area contributed by atoms with E-state index in [1.807, 2.05) is 11.0 Å². The minimum atomic E-state index is -0.578. The van der Waals surface area contributed by atoms with E-state index in [1.54, 1.807) is 24.3 Å². The summed E-state index contributed by atoms with van der Waals surface area (Å²) in [4.78, 5) is 26.7. The van der Waals surface area contributed by atoms with Crippen LogP contribution in [0.4, 0.5) is 0 Å². The van der Waals surface area contributed by atoms with Crippen molar-refractivity contribution in [3.05, 3.63) is 29.8 Å². The number of nitrogens with zero attached hydrogens (tertiary/aromatic N) is 2. The fourth-order valence-corrected chi connectivity index (χ4v) is 5.20. The number of rotatable bonds is 7. The number of hydrogen-bond donors (Lipinski definition) is 0. The Morgan fingerprint density at radius 1 is 1.26 bits per heavy atom. The lowest BCUT2D eigenvalue weighted by Crippen LogP contribution is -2.39. The second kappa shape index (κ2) is 9.01. The number of carbonyl (C=O) groups excluding carboxylic acids is 2. The van der Waals surface area contributed by atoms with Crippen molar-refractivity contribution >= 4 is 18.0 Å². The van der Waals surface area contributed by atoms with Crippen LogP contribution in [-0.4, -0.2) is 49.7 Å². The zero-order chi connectivity index (χ0) is 22.6. The van der Waals surface area contributed by atoms with Gasteiger partial charge in [-0.15, -0.1) is 0 Å². The minimum absolute atomic E-state index is 0.0829. The molecule has 2 fully saturated rings. The third-order valence-electron chi connectivity index (χ3n) is 5.96. The molecule has 0 aromatic heterocycles. The molecule has 0 N–H and O–H groups in total. The maximum absolute atomic E-state index is 12.7. The van der Waals surface area contributed by atoms with Crippen molar-refractivity contribution < 1.29 is 23.8 Å². The van der Waals surface area contributed by atoms with Crippen LogP contribution < -0.4 is 9.47 Å². The number of nitriles is 1. The van der Waals surface area contributed by atoms with Crippen LogP contribution in [0.15, 0.2) is 24.3 Å². The zero-order valence-corrected chi connectivity index (χ0v) is 18.6. The summed E-state index contributed by atoms with van der Waals surface area (Å²) in [5.41, 5.74) is 1.07. The fraction of sp³-hybridized carbons (Fsp3) is 0.542. The van der Waals surface area contributed by atoms with Crippen molar-refractivity contribution in [2.24, 2.45) is 10.8 Å². The van der Waals surface area contributed by atoms with E-state index in [9.17, 15) is 9.59 Å². The molecular formula is C24H30N2O5. The number of carbonyl (C=O) groups is 2. The van der Waals surface area contributed by atoms with Crippen LogP contribution in [-0.2, 0) is 14.3 Å². The number of fused-ring (bicyclic) bond motifs is 2. The SMILES string of the molecule is COc1cc(/C=C/C(=O)OCC(=O)N2CC3(C)CC2CC(C)(C)C3)ccc1OCC#N. The second-order valence-electron chi connectivity index (χ2n) is 9.53. The summed E-state index contributed by atoms with van der Waals surface area (Å²) in [7, 11) is 1.50. The molecule has 2 atom stereocenters. The average Bonchev–Trinajstić information content (AvgIpc) is 2.97. The predicted octanol–water partition coefficient (Wildman–Crippen LogP) is 3.58. The summed E-state index contributed by atoms with van der Waals surface area (Å²) in [6, 6.07) is 7.21. The van der Waals surface area contributed by atoms with Gasteiger partial charge in [0.2, 0.25) is 0 Å². The van der Waals surface area contributed by atoms with Gasteiger partial charge in [0.25, 0.3) is 5.91 Å². The lowest BCUT2D eigenvalue weighted by Gasteiger charge is -2.39. The molecule has 1 saturated carbocycles. The topological polar surface area (TPSA) is 88.9 Å². The maximum Gasteiger partial charge on any atom is 0.331 e. The maximum atomic E-state index is 12.7. The second-order valence-corrected chi connectivity index (χ2v) is 9.53. The number of methoxy groups -OCH3 is 1. The van der Waals surface area contributed by atoms with Crippen molar-refractivity contribution in [2.45, 2.75) is 46.1 Å². The Morgan fingerprint density at radius 2 is 2.03 bits per heavy atom. The summed E-state index contributed by atoms with van der Waals surface area (Å²) >= 11 is 0. The van der Waals surface area contributed by atoms with Crippen molar-refractivity contribution in [3.8, 4) is 17.6 Å². The van der Waals surface area contributed by atoms with Gasteiger partial charge in [0.15, 0.2) is 24.7 Å². The normalized spacial score (nSPS) is 24.0. The Bertz CT molecular complexity index is 917. The molecule has 31 heavy (non-hydrogen) atoms. The molecule has 2 bridgehead atoms. The molecule has 2 aliphatic rings. The molecule has 7 heteroatoms. The molecule has 2 unspecified atom stereocenters. The fourth-order valence-electron chi connectivity index (χ4n) is 5.20. The van der Waals surface area contributed by atoms with Gasteiger partial charge < -0.3 is 19.1 Å². The van der Waals surface area contributed by atoms with Crippen LogP contribution in [0.2, 0.25) is 0 Å². The summed E-state index contributed by atoms with van der Waals surface area (Å²) < 4.78 is 15.7. The molecule has 1 saturated heterocycles. The van der Waals surface area contributed by atoms with Crippen LogP contribution in [0.1, 0.15) is 45.6 Å². The number of esters is 1. The van der Waals surface area contributed by atoms with Crippen molar-refractivity contribution in [3.63, 3.8) is 0 Å². The van der Waals surface area contributed by atoms with E-state index in [2.05, 4.69) is 20.8 Å². The zero-order valence-electron chi connectivity index (χ0n) is 18.6. The van der Waals surface area contributed by atoms with E-state index in [0.29, 0.717) is 17.1 Å². The molecular weight excluding hydrogens is 396 g/mol. The molecule has 166 valence electrons. The predicted molar refractivity (Wildman–Crippen MR) is 115 cm³/mol. The van der Waals surface area contributed by atoms with Gasteiger partial charge in [0.05, 0.1) is 7.11 Å². The van der Waals surface area contributed by atoms with Gasteiger partial charge in [-0.25, -0.2) is 4.79 Å². The molecule has 1 aliphatic carbocycles. The molecule has 1 aromatic carbocycles.